The highest BCUT2D eigenvalue weighted by Crippen LogP contribution is 2.37. The summed E-state index contributed by atoms with van der Waals surface area (Å²) in [6.07, 6.45) is 0. The van der Waals surface area contributed by atoms with Gasteiger partial charge in [-0.05, 0) is 42.5 Å². The molecule has 0 aromatic heterocycles. The molecule has 1 N–H and O–H groups in total. The third-order valence-electron chi connectivity index (χ3n) is 3.52. The molecule has 3 rings (SSSR count). The van der Waals surface area contributed by atoms with Crippen LogP contribution in [-0.4, -0.2) is 18.9 Å². The van der Waals surface area contributed by atoms with E-state index in [1.165, 1.54) is 13.2 Å². The minimum absolute atomic E-state index is 0.0315. The SMILES string of the molecule is COc1ccc(Cl)cc1N1C(=O)C(Cl)=C(Nc2ccc(Cl)cc2)C1=O. The van der Waals surface area contributed by atoms with Gasteiger partial charge in [0.05, 0.1) is 12.8 Å². The van der Waals surface area contributed by atoms with Crippen molar-refractivity contribution in [3.05, 3.63) is 63.2 Å². The van der Waals surface area contributed by atoms with Gasteiger partial charge in [0, 0.05) is 15.7 Å². The number of methoxy groups -OCH3 is 1. The predicted octanol–water partition coefficient (Wildman–Crippen LogP) is 4.44. The maximum atomic E-state index is 12.8. The Balaban J connectivity index is 1.96. The Morgan fingerprint density at radius 1 is 0.920 bits per heavy atom. The van der Waals surface area contributed by atoms with Crippen molar-refractivity contribution in [3.63, 3.8) is 0 Å². The fourth-order valence-corrected chi connectivity index (χ4v) is 2.85. The van der Waals surface area contributed by atoms with E-state index in [4.69, 9.17) is 39.5 Å². The second kappa shape index (κ2) is 6.96. The average molecular weight is 398 g/mol. The molecule has 0 unspecified atom stereocenters. The molecule has 1 heterocycles. The normalized spacial score (nSPS) is 14.3. The number of hydrogen-bond donors (Lipinski definition) is 1. The van der Waals surface area contributed by atoms with E-state index in [0.29, 0.717) is 21.5 Å². The summed E-state index contributed by atoms with van der Waals surface area (Å²) in [5, 5.41) is 3.53. The molecule has 0 bridgehead atoms. The number of benzene rings is 2. The van der Waals surface area contributed by atoms with E-state index in [9.17, 15) is 9.59 Å². The molecule has 8 heteroatoms. The topological polar surface area (TPSA) is 58.6 Å². The van der Waals surface area contributed by atoms with Crippen LogP contribution in [-0.2, 0) is 9.59 Å². The van der Waals surface area contributed by atoms with E-state index in [2.05, 4.69) is 5.32 Å². The maximum Gasteiger partial charge on any atom is 0.283 e. The van der Waals surface area contributed by atoms with Crippen LogP contribution in [0.1, 0.15) is 0 Å². The molecule has 25 heavy (non-hydrogen) atoms. The zero-order chi connectivity index (χ0) is 18.1. The summed E-state index contributed by atoms with van der Waals surface area (Å²) in [7, 11) is 1.43. The van der Waals surface area contributed by atoms with Crippen molar-refractivity contribution < 1.29 is 14.3 Å². The molecule has 128 valence electrons. The lowest BCUT2D eigenvalue weighted by Crippen LogP contribution is -2.32. The largest absolute Gasteiger partial charge is 0.495 e. The monoisotopic (exact) mass is 396 g/mol. The van der Waals surface area contributed by atoms with Crippen molar-refractivity contribution >= 4 is 58.0 Å². The van der Waals surface area contributed by atoms with E-state index in [1.807, 2.05) is 0 Å². The van der Waals surface area contributed by atoms with E-state index in [-0.39, 0.29) is 16.4 Å². The van der Waals surface area contributed by atoms with Crippen molar-refractivity contribution in [1.29, 1.82) is 0 Å². The van der Waals surface area contributed by atoms with E-state index in [1.54, 1.807) is 36.4 Å². The molecule has 0 aliphatic carbocycles. The van der Waals surface area contributed by atoms with Crippen LogP contribution in [0.5, 0.6) is 5.75 Å². The van der Waals surface area contributed by atoms with Crippen LogP contribution < -0.4 is 15.0 Å². The summed E-state index contributed by atoms with van der Waals surface area (Å²) >= 11 is 17.9. The molecule has 0 radical (unpaired) electrons. The third kappa shape index (κ3) is 3.31. The molecule has 2 aromatic carbocycles. The van der Waals surface area contributed by atoms with E-state index in [0.717, 1.165) is 4.90 Å². The first-order valence-electron chi connectivity index (χ1n) is 7.07. The van der Waals surface area contributed by atoms with E-state index >= 15 is 0 Å². The predicted molar refractivity (Wildman–Crippen MR) is 98.5 cm³/mol. The number of nitrogens with one attached hydrogen (secondary N) is 1. The standard InChI is InChI=1S/C17H11Cl3N2O3/c1-25-13-7-4-10(19)8-12(13)22-16(23)14(20)15(17(22)24)21-11-5-2-9(18)3-6-11/h2-8,21H,1H3. The van der Waals surface area contributed by atoms with Crippen LogP contribution in [0, 0.1) is 0 Å². The van der Waals surface area contributed by atoms with Gasteiger partial charge in [-0.3, -0.25) is 9.59 Å². The second-order valence-corrected chi connectivity index (χ2v) is 6.33. The maximum absolute atomic E-state index is 12.8. The van der Waals surface area contributed by atoms with Gasteiger partial charge in [-0.1, -0.05) is 34.8 Å². The number of carbonyl (C=O) groups is 2. The molecular weight excluding hydrogens is 387 g/mol. The molecule has 2 amide bonds. The van der Waals surface area contributed by atoms with Gasteiger partial charge in [0.15, 0.2) is 0 Å². The molecule has 1 aliphatic rings. The molecule has 5 nitrogen and oxygen atoms in total. The first kappa shape index (κ1) is 17.6. The van der Waals surface area contributed by atoms with Gasteiger partial charge in [0.1, 0.15) is 16.5 Å². The highest BCUT2D eigenvalue weighted by molar-refractivity contribution is 6.53. The zero-order valence-corrected chi connectivity index (χ0v) is 15.1. The van der Waals surface area contributed by atoms with Crippen LogP contribution in [0.15, 0.2) is 53.2 Å². The summed E-state index contributed by atoms with van der Waals surface area (Å²) in [6.45, 7) is 0. The van der Waals surface area contributed by atoms with Crippen molar-refractivity contribution in [2.45, 2.75) is 0 Å². The number of anilines is 2. The lowest BCUT2D eigenvalue weighted by molar-refractivity contribution is -0.120. The Labute approximate surface area is 158 Å². The van der Waals surface area contributed by atoms with Gasteiger partial charge in [0.2, 0.25) is 0 Å². The van der Waals surface area contributed by atoms with Crippen molar-refractivity contribution in [1.82, 2.24) is 0 Å². The van der Waals surface area contributed by atoms with Crippen LogP contribution in [0.25, 0.3) is 0 Å². The summed E-state index contributed by atoms with van der Waals surface area (Å²) in [4.78, 5) is 26.2. The zero-order valence-electron chi connectivity index (χ0n) is 12.8. The first-order valence-corrected chi connectivity index (χ1v) is 8.20. The van der Waals surface area contributed by atoms with Gasteiger partial charge in [-0.25, -0.2) is 4.90 Å². The van der Waals surface area contributed by atoms with Gasteiger partial charge >= 0.3 is 0 Å². The van der Waals surface area contributed by atoms with Gasteiger partial charge in [0.25, 0.3) is 11.8 Å². The number of nitrogens with zero attached hydrogens (tertiary/aromatic N) is 1. The van der Waals surface area contributed by atoms with Crippen LogP contribution in [0.2, 0.25) is 10.0 Å². The van der Waals surface area contributed by atoms with E-state index < -0.39 is 11.8 Å². The van der Waals surface area contributed by atoms with Crippen LogP contribution in [0.3, 0.4) is 0 Å². The molecule has 0 saturated carbocycles. The van der Waals surface area contributed by atoms with Crippen LogP contribution >= 0.6 is 34.8 Å². The third-order valence-corrected chi connectivity index (χ3v) is 4.36. The Kier molecular flexibility index (Phi) is 4.90. The lowest BCUT2D eigenvalue weighted by Gasteiger charge is -2.18. The summed E-state index contributed by atoms with van der Waals surface area (Å²) < 4.78 is 5.21. The molecule has 1 aliphatic heterocycles. The lowest BCUT2D eigenvalue weighted by atomic mass is 10.2. The summed E-state index contributed by atoms with van der Waals surface area (Å²) in [5.74, 6) is -0.947. The Hall–Kier alpha value is -2.21. The number of halogens is 3. The quantitative estimate of drug-likeness (QED) is 0.775. The number of rotatable bonds is 4. The Morgan fingerprint density at radius 2 is 1.56 bits per heavy atom. The molecular formula is C17H11Cl3N2O3. The summed E-state index contributed by atoms with van der Waals surface area (Å²) in [5.41, 5.74) is 0.755. The minimum atomic E-state index is -0.663. The van der Waals surface area contributed by atoms with Gasteiger partial charge < -0.3 is 10.1 Å². The summed E-state index contributed by atoms with van der Waals surface area (Å²) in [6, 6.07) is 11.3. The van der Waals surface area contributed by atoms with Crippen molar-refractivity contribution in [2.24, 2.45) is 0 Å². The first-order chi connectivity index (χ1) is 11.9. The van der Waals surface area contributed by atoms with Crippen LogP contribution in [0.4, 0.5) is 11.4 Å². The fourth-order valence-electron chi connectivity index (χ4n) is 2.35. The minimum Gasteiger partial charge on any atom is -0.495 e. The molecule has 0 atom stereocenters. The Bertz CT molecular complexity index is 895. The molecule has 0 fully saturated rings. The van der Waals surface area contributed by atoms with Gasteiger partial charge in [-0.2, -0.15) is 0 Å². The Morgan fingerprint density at radius 3 is 2.20 bits per heavy atom. The highest BCUT2D eigenvalue weighted by Gasteiger charge is 2.40. The van der Waals surface area contributed by atoms with Crippen molar-refractivity contribution in [2.75, 3.05) is 17.3 Å². The molecule has 2 aromatic rings. The van der Waals surface area contributed by atoms with Crippen molar-refractivity contribution in [3.8, 4) is 5.75 Å². The number of carbonyl (C=O) groups excluding carboxylic acids is 2. The second-order valence-electron chi connectivity index (χ2n) is 5.08. The fraction of sp³-hybridized carbons (Fsp3) is 0.0588. The smallest absolute Gasteiger partial charge is 0.283 e. The molecule has 0 spiro atoms. The highest BCUT2D eigenvalue weighted by atomic mass is 35.5. The number of ether oxygens (including phenoxy) is 1. The number of imide groups is 1. The number of hydrogen-bond acceptors (Lipinski definition) is 4. The van der Waals surface area contributed by atoms with Gasteiger partial charge in [-0.15, -0.1) is 0 Å². The average Bonchev–Trinajstić information content (AvgIpc) is 2.80. The number of amides is 2. The molecule has 0 saturated heterocycles.